The van der Waals surface area contributed by atoms with Gasteiger partial charge in [0.15, 0.2) is 5.82 Å². The normalized spacial score (nSPS) is 10.6. The maximum atomic E-state index is 4.19. The highest BCUT2D eigenvalue weighted by molar-refractivity contribution is 5.90. The number of rotatable bonds is 2. The van der Waals surface area contributed by atoms with Crippen molar-refractivity contribution < 1.29 is 0 Å². The molecule has 0 saturated heterocycles. The van der Waals surface area contributed by atoms with E-state index in [-0.39, 0.29) is 0 Å². The topological polar surface area (TPSA) is 40.7 Å². The van der Waals surface area contributed by atoms with E-state index < -0.39 is 0 Å². The first kappa shape index (κ1) is 8.10. The highest BCUT2D eigenvalue weighted by Crippen LogP contribution is 2.20. The Labute approximate surface area is 77.2 Å². The molecule has 0 aliphatic heterocycles. The van der Waals surface area contributed by atoms with Gasteiger partial charge >= 0.3 is 0 Å². The maximum absolute atomic E-state index is 4.19. The van der Waals surface area contributed by atoms with Gasteiger partial charge in [-0.2, -0.15) is 5.10 Å². The van der Waals surface area contributed by atoms with Gasteiger partial charge < -0.3 is 5.32 Å². The summed E-state index contributed by atoms with van der Waals surface area (Å²) in [5, 5.41) is 11.6. The average molecular weight is 175 g/mol. The van der Waals surface area contributed by atoms with E-state index in [0.29, 0.717) is 0 Å². The van der Waals surface area contributed by atoms with E-state index in [1.165, 1.54) is 10.9 Å². The van der Waals surface area contributed by atoms with Gasteiger partial charge in [0.25, 0.3) is 0 Å². The number of H-pyrrole nitrogens is 1. The van der Waals surface area contributed by atoms with Gasteiger partial charge in [0.2, 0.25) is 0 Å². The first-order valence-corrected chi connectivity index (χ1v) is 4.50. The molecule has 0 spiro atoms. The second kappa shape index (κ2) is 3.09. The molecule has 2 rings (SSSR count). The highest BCUT2D eigenvalue weighted by Gasteiger charge is 2.03. The molecule has 0 fully saturated rings. The number of anilines is 1. The van der Waals surface area contributed by atoms with Gasteiger partial charge in [0.05, 0.1) is 5.52 Å². The smallest absolute Gasteiger partial charge is 0.155 e. The zero-order valence-electron chi connectivity index (χ0n) is 7.89. The SMILES string of the molecule is CCNc1n[nH]c2ccc(C)cc12. The van der Waals surface area contributed by atoms with Crippen molar-refractivity contribution in [3.63, 3.8) is 0 Å². The summed E-state index contributed by atoms with van der Waals surface area (Å²) in [6.45, 7) is 5.05. The molecule has 13 heavy (non-hydrogen) atoms. The number of nitrogens with zero attached hydrogens (tertiary/aromatic N) is 1. The predicted octanol–water partition coefficient (Wildman–Crippen LogP) is 2.30. The van der Waals surface area contributed by atoms with Crippen LogP contribution in [0.15, 0.2) is 18.2 Å². The fraction of sp³-hybridized carbons (Fsp3) is 0.300. The van der Waals surface area contributed by atoms with Crippen molar-refractivity contribution in [2.45, 2.75) is 13.8 Å². The summed E-state index contributed by atoms with van der Waals surface area (Å²) in [6.07, 6.45) is 0. The largest absolute Gasteiger partial charge is 0.368 e. The van der Waals surface area contributed by atoms with Crippen LogP contribution in [0.2, 0.25) is 0 Å². The molecule has 0 bridgehead atoms. The third-order valence-electron chi connectivity index (χ3n) is 2.06. The number of fused-ring (bicyclic) bond motifs is 1. The van der Waals surface area contributed by atoms with Crippen molar-refractivity contribution in [2.75, 3.05) is 11.9 Å². The van der Waals surface area contributed by atoms with Crippen LogP contribution in [-0.2, 0) is 0 Å². The summed E-state index contributed by atoms with van der Waals surface area (Å²) >= 11 is 0. The van der Waals surface area contributed by atoms with Crippen molar-refractivity contribution in [2.24, 2.45) is 0 Å². The van der Waals surface area contributed by atoms with Crippen molar-refractivity contribution in [3.05, 3.63) is 23.8 Å². The lowest BCUT2D eigenvalue weighted by molar-refractivity contribution is 1.08. The second-order valence-electron chi connectivity index (χ2n) is 3.15. The Balaban J connectivity index is 2.58. The molecule has 2 aromatic rings. The van der Waals surface area contributed by atoms with Crippen LogP contribution in [0.5, 0.6) is 0 Å². The van der Waals surface area contributed by atoms with E-state index in [1.54, 1.807) is 0 Å². The Morgan fingerprint density at radius 2 is 2.31 bits per heavy atom. The third kappa shape index (κ3) is 1.37. The van der Waals surface area contributed by atoms with Crippen molar-refractivity contribution in [3.8, 4) is 0 Å². The van der Waals surface area contributed by atoms with Crippen LogP contribution < -0.4 is 5.32 Å². The Morgan fingerprint density at radius 3 is 3.08 bits per heavy atom. The lowest BCUT2D eigenvalue weighted by atomic mass is 10.2. The van der Waals surface area contributed by atoms with E-state index >= 15 is 0 Å². The van der Waals surface area contributed by atoms with E-state index in [4.69, 9.17) is 0 Å². The Kier molecular flexibility index (Phi) is 1.93. The van der Waals surface area contributed by atoms with Crippen LogP contribution in [0.4, 0.5) is 5.82 Å². The summed E-state index contributed by atoms with van der Waals surface area (Å²) in [5.41, 5.74) is 2.34. The minimum atomic E-state index is 0.897. The number of aromatic nitrogens is 2. The molecule has 0 aliphatic rings. The maximum Gasteiger partial charge on any atom is 0.155 e. The monoisotopic (exact) mass is 175 g/mol. The molecule has 3 heteroatoms. The van der Waals surface area contributed by atoms with E-state index in [0.717, 1.165) is 17.9 Å². The predicted molar refractivity (Wildman–Crippen MR) is 55.0 cm³/mol. The standard InChI is InChI=1S/C10H13N3/c1-3-11-10-8-6-7(2)4-5-9(8)12-13-10/h4-6H,3H2,1-2H3,(H2,11,12,13). The lowest BCUT2D eigenvalue weighted by Gasteiger charge is -1.98. The highest BCUT2D eigenvalue weighted by atomic mass is 15.2. The zero-order valence-corrected chi connectivity index (χ0v) is 7.89. The van der Waals surface area contributed by atoms with Gasteiger partial charge in [-0.15, -0.1) is 0 Å². The zero-order chi connectivity index (χ0) is 9.26. The van der Waals surface area contributed by atoms with Gasteiger partial charge in [0, 0.05) is 11.9 Å². The van der Waals surface area contributed by atoms with Crippen molar-refractivity contribution >= 4 is 16.7 Å². The molecule has 1 aromatic heterocycles. The van der Waals surface area contributed by atoms with Gasteiger partial charge in [-0.25, -0.2) is 0 Å². The Morgan fingerprint density at radius 1 is 1.46 bits per heavy atom. The average Bonchev–Trinajstić information content (AvgIpc) is 2.49. The summed E-state index contributed by atoms with van der Waals surface area (Å²) < 4.78 is 0. The molecular weight excluding hydrogens is 162 g/mol. The molecule has 2 N–H and O–H groups in total. The summed E-state index contributed by atoms with van der Waals surface area (Å²) in [4.78, 5) is 0. The van der Waals surface area contributed by atoms with E-state index in [9.17, 15) is 0 Å². The summed E-state index contributed by atoms with van der Waals surface area (Å²) in [6, 6.07) is 6.27. The van der Waals surface area contributed by atoms with Crippen LogP contribution in [0.1, 0.15) is 12.5 Å². The molecule has 0 aliphatic carbocycles. The van der Waals surface area contributed by atoms with Crippen LogP contribution in [0.3, 0.4) is 0 Å². The molecule has 1 aromatic carbocycles. The number of aryl methyl sites for hydroxylation is 1. The quantitative estimate of drug-likeness (QED) is 0.735. The number of nitrogens with one attached hydrogen (secondary N) is 2. The molecule has 0 saturated carbocycles. The number of hydrogen-bond acceptors (Lipinski definition) is 2. The minimum absolute atomic E-state index is 0.897. The third-order valence-corrected chi connectivity index (χ3v) is 2.06. The molecule has 3 nitrogen and oxygen atoms in total. The van der Waals surface area contributed by atoms with E-state index in [2.05, 4.69) is 47.6 Å². The van der Waals surface area contributed by atoms with Crippen molar-refractivity contribution in [1.29, 1.82) is 0 Å². The first-order valence-electron chi connectivity index (χ1n) is 4.50. The number of aromatic amines is 1. The molecule has 0 atom stereocenters. The fourth-order valence-corrected chi connectivity index (χ4v) is 1.43. The molecule has 0 unspecified atom stereocenters. The van der Waals surface area contributed by atoms with Crippen LogP contribution in [-0.4, -0.2) is 16.7 Å². The molecule has 68 valence electrons. The van der Waals surface area contributed by atoms with E-state index in [1.807, 2.05) is 0 Å². The lowest BCUT2D eigenvalue weighted by Crippen LogP contribution is -1.96. The fourth-order valence-electron chi connectivity index (χ4n) is 1.43. The minimum Gasteiger partial charge on any atom is -0.368 e. The van der Waals surface area contributed by atoms with Crippen molar-refractivity contribution in [1.82, 2.24) is 10.2 Å². The second-order valence-corrected chi connectivity index (χ2v) is 3.15. The van der Waals surface area contributed by atoms with Crippen LogP contribution >= 0.6 is 0 Å². The molecule has 1 heterocycles. The number of benzene rings is 1. The van der Waals surface area contributed by atoms with Gasteiger partial charge in [-0.1, -0.05) is 11.6 Å². The number of hydrogen-bond donors (Lipinski definition) is 2. The molecular formula is C10H13N3. The molecule has 0 radical (unpaired) electrons. The first-order chi connectivity index (χ1) is 6.31. The van der Waals surface area contributed by atoms with Gasteiger partial charge in [-0.3, -0.25) is 5.10 Å². The Hall–Kier alpha value is -1.51. The summed E-state index contributed by atoms with van der Waals surface area (Å²) in [7, 11) is 0. The summed E-state index contributed by atoms with van der Waals surface area (Å²) in [5.74, 6) is 0.946. The van der Waals surface area contributed by atoms with Crippen LogP contribution in [0, 0.1) is 6.92 Å². The van der Waals surface area contributed by atoms with Gasteiger partial charge in [-0.05, 0) is 26.0 Å². The Bertz CT molecular complexity index is 417. The van der Waals surface area contributed by atoms with Gasteiger partial charge in [0.1, 0.15) is 0 Å². The molecule has 0 amide bonds. The van der Waals surface area contributed by atoms with Crippen LogP contribution in [0.25, 0.3) is 10.9 Å².